The number of aromatic nitrogens is 1. The number of hydrogen-bond donors (Lipinski definition) is 1. The molecule has 1 amide bonds. The molecule has 19 heavy (non-hydrogen) atoms. The minimum Gasteiger partial charge on any atom is -0.383 e. The molecule has 6 heteroatoms. The van der Waals surface area contributed by atoms with E-state index in [1.165, 1.54) is 12.8 Å². The van der Waals surface area contributed by atoms with Crippen molar-refractivity contribution in [3.63, 3.8) is 0 Å². The van der Waals surface area contributed by atoms with Gasteiger partial charge in [-0.25, -0.2) is 9.37 Å². The predicted octanol–water partition coefficient (Wildman–Crippen LogP) is 0.971. The van der Waals surface area contributed by atoms with Crippen molar-refractivity contribution >= 4 is 11.7 Å². The fourth-order valence-electron chi connectivity index (χ4n) is 2.23. The average molecular weight is 266 g/mol. The molecule has 5 nitrogen and oxygen atoms in total. The molecule has 1 fully saturated rings. The standard InChI is InChI=1S/C13H19FN4O/c1-17(6-7-18-4-2-3-5-18)13(19)11-8-10(14)9-16-12(11)15/h8-9H,2-7H2,1H3,(H2,15,16). The Balaban J connectivity index is 1.95. The lowest BCUT2D eigenvalue weighted by molar-refractivity contribution is 0.0782. The molecule has 104 valence electrons. The molecule has 2 heterocycles. The highest BCUT2D eigenvalue weighted by atomic mass is 19.1. The highest BCUT2D eigenvalue weighted by Crippen LogP contribution is 2.13. The van der Waals surface area contributed by atoms with Gasteiger partial charge in [0.1, 0.15) is 11.6 Å². The fourth-order valence-corrected chi connectivity index (χ4v) is 2.23. The van der Waals surface area contributed by atoms with Crippen LogP contribution in [0.3, 0.4) is 0 Å². The second-order valence-corrected chi connectivity index (χ2v) is 4.86. The van der Waals surface area contributed by atoms with E-state index in [4.69, 9.17) is 5.73 Å². The Morgan fingerprint density at radius 1 is 1.53 bits per heavy atom. The molecule has 1 aromatic heterocycles. The molecule has 1 saturated heterocycles. The molecule has 1 aliphatic rings. The number of likely N-dealkylation sites (N-methyl/N-ethyl adjacent to an activating group) is 1. The number of amides is 1. The van der Waals surface area contributed by atoms with E-state index >= 15 is 0 Å². The summed E-state index contributed by atoms with van der Waals surface area (Å²) in [5.74, 6) is -0.770. The van der Waals surface area contributed by atoms with E-state index in [0.29, 0.717) is 6.54 Å². The maximum Gasteiger partial charge on any atom is 0.257 e. The summed E-state index contributed by atoms with van der Waals surface area (Å²) in [6, 6.07) is 1.14. The van der Waals surface area contributed by atoms with Gasteiger partial charge in [0.15, 0.2) is 0 Å². The molecule has 2 rings (SSSR count). The molecule has 0 aromatic carbocycles. The molecule has 2 N–H and O–H groups in total. The molecule has 0 bridgehead atoms. The Bertz CT molecular complexity index is 460. The quantitative estimate of drug-likeness (QED) is 0.882. The topological polar surface area (TPSA) is 62.5 Å². The number of nitrogen functional groups attached to an aromatic ring is 1. The molecule has 0 unspecified atom stereocenters. The third-order valence-electron chi connectivity index (χ3n) is 3.41. The van der Waals surface area contributed by atoms with Crippen LogP contribution in [0.4, 0.5) is 10.2 Å². The zero-order valence-corrected chi connectivity index (χ0v) is 11.1. The zero-order chi connectivity index (χ0) is 13.8. The van der Waals surface area contributed by atoms with Crippen molar-refractivity contribution in [1.29, 1.82) is 0 Å². The number of carbonyl (C=O) groups is 1. The molecule has 1 aliphatic heterocycles. The third kappa shape index (κ3) is 3.41. The van der Waals surface area contributed by atoms with Crippen LogP contribution in [0.2, 0.25) is 0 Å². The number of carbonyl (C=O) groups excluding carboxylic acids is 1. The number of halogens is 1. The van der Waals surface area contributed by atoms with Crippen molar-refractivity contribution in [3.05, 3.63) is 23.6 Å². The van der Waals surface area contributed by atoms with Gasteiger partial charge in [0.25, 0.3) is 5.91 Å². The maximum atomic E-state index is 13.1. The summed E-state index contributed by atoms with van der Waals surface area (Å²) in [7, 11) is 1.70. The van der Waals surface area contributed by atoms with Crippen LogP contribution in [0, 0.1) is 5.82 Å². The van der Waals surface area contributed by atoms with Gasteiger partial charge in [-0.1, -0.05) is 0 Å². The van der Waals surface area contributed by atoms with E-state index in [-0.39, 0.29) is 17.3 Å². The van der Waals surface area contributed by atoms with Crippen molar-refractivity contribution in [2.75, 3.05) is 39.0 Å². The first-order valence-electron chi connectivity index (χ1n) is 6.47. The number of rotatable bonds is 4. The molecule has 0 aliphatic carbocycles. The van der Waals surface area contributed by atoms with Crippen LogP contribution in [-0.2, 0) is 0 Å². The molecule has 0 saturated carbocycles. The highest BCUT2D eigenvalue weighted by Gasteiger charge is 2.18. The minimum absolute atomic E-state index is 0.0689. The molecular weight excluding hydrogens is 247 g/mol. The van der Waals surface area contributed by atoms with E-state index in [2.05, 4.69) is 9.88 Å². The average Bonchev–Trinajstić information content (AvgIpc) is 2.91. The zero-order valence-electron chi connectivity index (χ0n) is 11.1. The van der Waals surface area contributed by atoms with E-state index in [1.807, 2.05) is 0 Å². The molecule has 1 aromatic rings. The molecule has 0 atom stereocenters. The summed E-state index contributed by atoms with van der Waals surface area (Å²) in [6.07, 6.45) is 3.45. The summed E-state index contributed by atoms with van der Waals surface area (Å²) < 4.78 is 13.1. The van der Waals surface area contributed by atoms with E-state index < -0.39 is 5.82 Å². The van der Waals surface area contributed by atoms with Crippen molar-refractivity contribution < 1.29 is 9.18 Å². The van der Waals surface area contributed by atoms with Crippen molar-refractivity contribution in [2.24, 2.45) is 0 Å². The van der Waals surface area contributed by atoms with Gasteiger partial charge in [0.2, 0.25) is 0 Å². The van der Waals surface area contributed by atoms with Gasteiger partial charge in [0, 0.05) is 20.1 Å². The molecular formula is C13H19FN4O. The van der Waals surface area contributed by atoms with Gasteiger partial charge in [-0.15, -0.1) is 0 Å². The molecule has 0 spiro atoms. The van der Waals surface area contributed by atoms with Gasteiger partial charge < -0.3 is 15.5 Å². The van der Waals surface area contributed by atoms with E-state index in [9.17, 15) is 9.18 Å². The lowest BCUT2D eigenvalue weighted by Gasteiger charge is -2.21. The van der Waals surface area contributed by atoms with Crippen molar-refractivity contribution in [3.8, 4) is 0 Å². The van der Waals surface area contributed by atoms with Gasteiger partial charge in [0.05, 0.1) is 11.8 Å². The lowest BCUT2D eigenvalue weighted by Crippen LogP contribution is -2.35. The SMILES string of the molecule is CN(CCN1CCCC1)C(=O)c1cc(F)cnc1N. The molecule has 0 radical (unpaired) electrons. The summed E-state index contributed by atoms with van der Waals surface area (Å²) in [6.45, 7) is 3.62. The van der Waals surface area contributed by atoms with Gasteiger partial charge in [-0.2, -0.15) is 0 Å². The summed E-state index contributed by atoms with van der Waals surface area (Å²) in [4.78, 5) is 19.7. The van der Waals surface area contributed by atoms with Gasteiger partial charge in [-0.05, 0) is 32.0 Å². The van der Waals surface area contributed by atoms with Crippen LogP contribution in [-0.4, -0.2) is 53.9 Å². The number of nitrogens with zero attached hydrogens (tertiary/aromatic N) is 3. The second kappa shape index (κ2) is 5.97. The second-order valence-electron chi connectivity index (χ2n) is 4.86. The number of hydrogen-bond acceptors (Lipinski definition) is 4. The van der Waals surface area contributed by atoms with Gasteiger partial charge in [-0.3, -0.25) is 4.79 Å². The first kappa shape index (κ1) is 13.7. The highest BCUT2D eigenvalue weighted by molar-refractivity contribution is 5.98. The Morgan fingerprint density at radius 3 is 2.89 bits per heavy atom. The van der Waals surface area contributed by atoms with Crippen LogP contribution < -0.4 is 5.73 Å². The van der Waals surface area contributed by atoms with Crippen molar-refractivity contribution in [1.82, 2.24) is 14.8 Å². The number of likely N-dealkylation sites (tertiary alicyclic amines) is 1. The Kier molecular flexibility index (Phi) is 4.31. The van der Waals surface area contributed by atoms with E-state index in [0.717, 1.165) is 31.9 Å². The summed E-state index contributed by atoms with van der Waals surface area (Å²) in [5.41, 5.74) is 5.74. The fraction of sp³-hybridized carbons (Fsp3) is 0.538. The van der Waals surface area contributed by atoms with Crippen LogP contribution in [0.15, 0.2) is 12.3 Å². The Labute approximate surface area is 112 Å². The first-order chi connectivity index (χ1) is 9.08. The van der Waals surface area contributed by atoms with Crippen LogP contribution in [0.5, 0.6) is 0 Å². The van der Waals surface area contributed by atoms with Crippen LogP contribution in [0.1, 0.15) is 23.2 Å². The smallest absolute Gasteiger partial charge is 0.257 e. The Hall–Kier alpha value is -1.69. The summed E-state index contributed by atoms with van der Waals surface area (Å²) >= 11 is 0. The van der Waals surface area contributed by atoms with Crippen molar-refractivity contribution in [2.45, 2.75) is 12.8 Å². The van der Waals surface area contributed by atoms with Crippen LogP contribution in [0.25, 0.3) is 0 Å². The number of pyridine rings is 1. The normalized spacial score (nSPS) is 15.7. The monoisotopic (exact) mass is 266 g/mol. The predicted molar refractivity (Wildman–Crippen MR) is 71.2 cm³/mol. The largest absolute Gasteiger partial charge is 0.383 e. The van der Waals surface area contributed by atoms with E-state index in [1.54, 1.807) is 11.9 Å². The minimum atomic E-state index is -0.550. The third-order valence-corrected chi connectivity index (χ3v) is 3.41. The maximum absolute atomic E-state index is 13.1. The lowest BCUT2D eigenvalue weighted by atomic mass is 10.2. The first-order valence-corrected chi connectivity index (χ1v) is 6.47. The van der Waals surface area contributed by atoms with Crippen LogP contribution >= 0.6 is 0 Å². The number of nitrogens with two attached hydrogens (primary N) is 1. The Morgan fingerprint density at radius 2 is 2.21 bits per heavy atom. The number of anilines is 1. The summed E-state index contributed by atoms with van der Waals surface area (Å²) in [5, 5.41) is 0. The van der Waals surface area contributed by atoms with Gasteiger partial charge >= 0.3 is 0 Å².